The Bertz CT molecular complexity index is 378. The molecule has 1 aromatic rings. The zero-order valence-corrected chi connectivity index (χ0v) is 11.1. The fourth-order valence-electron chi connectivity index (χ4n) is 1.57. The molecule has 1 N–H and O–H groups in total. The Morgan fingerprint density at radius 3 is 2.68 bits per heavy atom. The van der Waals surface area contributed by atoms with Crippen LogP contribution >= 0.6 is 0 Å². The van der Waals surface area contributed by atoms with Gasteiger partial charge in [0.2, 0.25) is 0 Å². The molecule has 0 unspecified atom stereocenters. The van der Waals surface area contributed by atoms with E-state index in [1.165, 1.54) is 0 Å². The molecule has 0 bridgehead atoms. The molecule has 0 aliphatic rings. The number of benzene rings is 1. The lowest BCUT2D eigenvalue weighted by Gasteiger charge is -2.10. The van der Waals surface area contributed by atoms with Crippen molar-refractivity contribution in [2.24, 2.45) is 0 Å². The van der Waals surface area contributed by atoms with Crippen molar-refractivity contribution in [3.63, 3.8) is 0 Å². The van der Waals surface area contributed by atoms with Crippen molar-refractivity contribution in [3.8, 4) is 5.75 Å². The van der Waals surface area contributed by atoms with Crippen LogP contribution in [0.2, 0.25) is 0 Å². The van der Waals surface area contributed by atoms with E-state index < -0.39 is 5.97 Å². The summed E-state index contributed by atoms with van der Waals surface area (Å²) in [6.45, 7) is 2.20. The molecular weight excluding hydrogens is 248 g/mol. The van der Waals surface area contributed by atoms with E-state index in [0.29, 0.717) is 37.7 Å². The Labute approximate surface area is 113 Å². The molecule has 0 aromatic heterocycles. The molecule has 0 radical (unpaired) electrons. The highest BCUT2D eigenvalue weighted by Gasteiger charge is 2.06. The number of aliphatic carboxylic acids is 1. The summed E-state index contributed by atoms with van der Waals surface area (Å²) in [6.07, 6.45) is 0.816. The highest BCUT2D eigenvalue weighted by molar-refractivity contribution is 5.71. The van der Waals surface area contributed by atoms with Gasteiger partial charge in [-0.15, -0.1) is 0 Å². The first-order valence-corrected chi connectivity index (χ1v) is 6.23. The molecule has 0 fully saturated rings. The minimum absolute atomic E-state index is 0.0368. The van der Waals surface area contributed by atoms with Gasteiger partial charge in [0.1, 0.15) is 12.4 Å². The first-order chi connectivity index (χ1) is 9.24. The first kappa shape index (κ1) is 15.5. The van der Waals surface area contributed by atoms with Crippen molar-refractivity contribution in [2.45, 2.75) is 12.8 Å². The van der Waals surface area contributed by atoms with Gasteiger partial charge in [0.25, 0.3) is 0 Å². The van der Waals surface area contributed by atoms with Gasteiger partial charge in [-0.05, 0) is 12.5 Å². The maximum atomic E-state index is 10.7. The van der Waals surface area contributed by atoms with Crippen molar-refractivity contribution >= 4 is 5.97 Å². The third-order valence-electron chi connectivity index (χ3n) is 2.44. The van der Waals surface area contributed by atoms with E-state index in [4.69, 9.17) is 19.3 Å². The number of ether oxygens (including phenoxy) is 3. The van der Waals surface area contributed by atoms with Gasteiger partial charge in [0.05, 0.1) is 13.0 Å². The van der Waals surface area contributed by atoms with Crippen molar-refractivity contribution in [3.05, 3.63) is 29.8 Å². The van der Waals surface area contributed by atoms with Crippen molar-refractivity contribution < 1.29 is 24.1 Å². The number of carbonyl (C=O) groups is 1. The smallest absolute Gasteiger partial charge is 0.307 e. The van der Waals surface area contributed by atoms with E-state index in [2.05, 4.69) is 0 Å². The molecule has 0 atom stereocenters. The molecule has 0 aliphatic carbocycles. The number of hydrogen-bond donors (Lipinski definition) is 1. The fraction of sp³-hybridized carbons (Fsp3) is 0.500. The minimum Gasteiger partial charge on any atom is -0.491 e. The molecule has 19 heavy (non-hydrogen) atoms. The molecule has 0 spiro atoms. The Morgan fingerprint density at radius 1 is 1.16 bits per heavy atom. The number of methoxy groups -OCH3 is 1. The van der Waals surface area contributed by atoms with E-state index >= 15 is 0 Å². The van der Waals surface area contributed by atoms with Gasteiger partial charge in [-0.3, -0.25) is 4.79 Å². The lowest BCUT2D eigenvalue weighted by molar-refractivity contribution is -0.136. The summed E-state index contributed by atoms with van der Waals surface area (Å²) in [5.74, 6) is -0.266. The van der Waals surface area contributed by atoms with Crippen LogP contribution in [-0.2, 0) is 20.7 Å². The van der Waals surface area contributed by atoms with Gasteiger partial charge in [0, 0.05) is 25.9 Å². The SMILES string of the molecule is COCCCOCCOc1ccccc1CC(=O)O. The van der Waals surface area contributed by atoms with E-state index in [0.717, 1.165) is 6.42 Å². The fourth-order valence-corrected chi connectivity index (χ4v) is 1.57. The summed E-state index contributed by atoms with van der Waals surface area (Å²) in [6, 6.07) is 7.14. The van der Waals surface area contributed by atoms with Crippen molar-refractivity contribution in [2.75, 3.05) is 33.5 Å². The summed E-state index contributed by atoms with van der Waals surface area (Å²) in [5, 5.41) is 8.79. The van der Waals surface area contributed by atoms with Crippen LogP contribution in [-0.4, -0.2) is 44.6 Å². The first-order valence-electron chi connectivity index (χ1n) is 6.23. The van der Waals surface area contributed by atoms with Gasteiger partial charge >= 0.3 is 5.97 Å². The molecule has 1 rings (SSSR count). The second kappa shape index (κ2) is 9.35. The van der Waals surface area contributed by atoms with Gasteiger partial charge in [-0.2, -0.15) is 0 Å². The van der Waals surface area contributed by atoms with Gasteiger partial charge in [-0.1, -0.05) is 18.2 Å². The average Bonchev–Trinajstić information content (AvgIpc) is 2.39. The van der Waals surface area contributed by atoms with E-state index in [1.54, 1.807) is 25.3 Å². The van der Waals surface area contributed by atoms with Crippen molar-refractivity contribution in [1.29, 1.82) is 0 Å². The molecule has 0 saturated heterocycles. The van der Waals surface area contributed by atoms with Gasteiger partial charge in [-0.25, -0.2) is 0 Å². The molecule has 5 nitrogen and oxygen atoms in total. The molecule has 5 heteroatoms. The summed E-state index contributed by atoms with van der Waals surface area (Å²) in [7, 11) is 1.66. The van der Waals surface area contributed by atoms with Crippen LogP contribution in [0.1, 0.15) is 12.0 Å². The number of carboxylic acids is 1. The van der Waals surface area contributed by atoms with Gasteiger partial charge < -0.3 is 19.3 Å². The maximum Gasteiger partial charge on any atom is 0.307 e. The number of carboxylic acid groups (broad SMARTS) is 1. The number of rotatable bonds is 10. The minimum atomic E-state index is -0.869. The monoisotopic (exact) mass is 268 g/mol. The van der Waals surface area contributed by atoms with Crippen LogP contribution in [0.15, 0.2) is 24.3 Å². The third kappa shape index (κ3) is 6.79. The Morgan fingerprint density at radius 2 is 1.95 bits per heavy atom. The Balaban J connectivity index is 2.26. The van der Waals surface area contributed by atoms with E-state index in [1.807, 2.05) is 6.07 Å². The molecular formula is C14H20O5. The lowest BCUT2D eigenvalue weighted by Crippen LogP contribution is -2.10. The maximum absolute atomic E-state index is 10.7. The molecule has 0 heterocycles. The van der Waals surface area contributed by atoms with Crippen LogP contribution in [0.5, 0.6) is 5.75 Å². The Kier molecular flexibility index (Phi) is 7.62. The predicted octanol–water partition coefficient (Wildman–Crippen LogP) is 1.75. The van der Waals surface area contributed by atoms with Crippen LogP contribution in [0.3, 0.4) is 0 Å². The van der Waals surface area contributed by atoms with E-state index in [-0.39, 0.29) is 6.42 Å². The third-order valence-corrected chi connectivity index (χ3v) is 2.44. The summed E-state index contributed by atoms with van der Waals surface area (Å²) in [5.41, 5.74) is 0.675. The summed E-state index contributed by atoms with van der Waals surface area (Å²) >= 11 is 0. The number of hydrogen-bond acceptors (Lipinski definition) is 4. The molecule has 0 aliphatic heterocycles. The highest BCUT2D eigenvalue weighted by atomic mass is 16.5. The second-order valence-electron chi connectivity index (χ2n) is 3.99. The molecule has 0 saturated carbocycles. The molecule has 106 valence electrons. The van der Waals surface area contributed by atoms with Crippen LogP contribution < -0.4 is 4.74 Å². The van der Waals surface area contributed by atoms with Crippen LogP contribution in [0.25, 0.3) is 0 Å². The lowest BCUT2D eigenvalue weighted by atomic mass is 10.1. The second-order valence-corrected chi connectivity index (χ2v) is 3.99. The van der Waals surface area contributed by atoms with Crippen LogP contribution in [0, 0.1) is 0 Å². The summed E-state index contributed by atoms with van der Waals surface area (Å²) in [4.78, 5) is 10.7. The number of para-hydroxylation sites is 1. The standard InChI is InChI=1S/C14H20O5/c1-17-7-4-8-18-9-10-19-13-6-3-2-5-12(13)11-14(15)16/h2-3,5-6H,4,7-11H2,1H3,(H,15,16). The van der Waals surface area contributed by atoms with Crippen LogP contribution in [0.4, 0.5) is 0 Å². The molecule has 0 amide bonds. The zero-order valence-electron chi connectivity index (χ0n) is 11.1. The van der Waals surface area contributed by atoms with E-state index in [9.17, 15) is 4.79 Å². The zero-order chi connectivity index (χ0) is 13.9. The quantitative estimate of drug-likeness (QED) is 0.655. The average molecular weight is 268 g/mol. The molecule has 1 aromatic carbocycles. The predicted molar refractivity (Wildman–Crippen MR) is 70.6 cm³/mol. The van der Waals surface area contributed by atoms with Crippen molar-refractivity contribution in [1.82, 2.24) is 0 Å². The summed E-state index contributed by atoms with van der Waals surface area (Å²) < 4.78 is 15.8. The highest BCUT2D eigenvalue weighted by Crippen LogP contribution is 2.18. The Hall–Kier alpha value is -1.59. The topological polar surface area (TPSA) is 65.0 Å². The van der Waals surface area contributed by atoms with Gasteiger partial charge in [0.15, 0.2) is 0 Å². The normalized spacial score (nSPS) is 10.4. The largest absolute Gasteiger partial charge is 0.491 e.